The van der Waals surface area contributed by atoms with Crippen LogP contribution in [0.15, 0.2) is 47.8 Å². The zero-order valence-corrected chi connectivity index (χ0v) is 15.7. The Morgan fingerprint density at radius 1 is 1.12 bits per heavy atom. The van der Waals surface area contributed by atoms with Crippen LogP contribution < -0.4 is 14.8 Å². The van der Waals surface area contributed by atoms with E-state index in [1.807, 2.05) is 17.5 Å². The van der Waals surface area contributed by atoms with Gasteiger partial charge in [-0.1, -0.05) is 24.3 Å². The van der Waals surface area contributed by atoms with Gasteiger partial charge < -0.3 is 14.8 Å². The molecule has 0 aliphatic rings. The summed E-state index contributed by atoms with van der Waals surface area (Å²) in [5.41, 5.74) is 3.61. The number of thiazole rings is 1. The van der Waals surface area contributed by atoms with Crippen molar-refractivity contribution >= 4 is 17.2 Å². The minimum Gasteiger partial charge on any atom is -0.497 e. The van der Waals surface area contributed by atoms with Crippen molar-refractivity contribution in [3.8, 4) is 22.1 Å². The average Bonchev–Trinajstić information content (AvgIpc) is 3.14. The summed E-state index contributed by atoms with van der Waals surface area (Å²) in [6, 6.07) is 13.2. The van der Waals surface area contributed by atoms with Crippen LogP contribution in [0.25, 0.3) is 10.6 Å². The fraction of sp³-hybridized carbons (Fsp3) is 0.200. The summed E-state index contributed by atoms with van der Waals surface area (Å²) < 4.78 is 10.4. The molecular formula is C20H20N2O3S. The summed E-state index contributed by atoms with van der Waals surface area (Å²) in [6.45, 7) is 2.43. The van der Waals surface area contributed by atoms with E-state index >= 15 is 0 Å². The molecule has 0 aliphatic carbocycles. The first kappa shape index (κ1) is 17.9. The molecular weight excluding hydrogens is 348 g/mol. The second-order valence-corrected chi connectivity index (χ2v) is 6.60. The Kier molecular flexibility index (Phi) is 5.53. The van der Waals surface area contributed by atoms with Crippen molar-refractivity contribution in [2.24, 2.45) is 0 Å². The van der Waals surface area contributed by atoms with E-state index < -0.39 is 0 Å². The van der Waals surface area contributed by atoms with Crippen LogP contribution in [0.5, 0.6) is 11.5 Å². The van der Waals surface area contributed by atoms with Gasteiger partial charge in [-0.05, 0) is 24.6 Å². The third-order valence-electron chi connectivity index (χ3n) is 3.97. The third kappa shape index (κ3) is 4.03. The van der Waals surface area contributed by atoms with Crippen LogP contribution in [0.3, 0.4) is 0 Å². The highest BCUT2D eigenvalue weighted by Crippen LogP contribution is 2.26. The van der Waals surface area contributed by atoms with E-state index in [4.69, 9.17) is 9.47 Å². The Morgan fingerprint density at radius 2 is 1.81 bits per heavy atom. The first-order valence-corrected chi connectivity index (χ1v) is 9.00. The molecule has 3 aromatic rings. The van der Waals surface area contributed by atoms with Gasteiger partial charge in [0.1, 0.15) is 16.5 Å². The number of amides is 1. The van der Waals surface area contributed by atoms with Gasteiger partial charge in [0.25, 0.3) is 5.91 Å². The van der Waals surface area contributed by atoms with Gasteiger partial charge in [-0.2, -0.15) is 0 Å². The quantitative estimate of drug-likeness (QED) is 0.713. The highest BCUT2D eigenvalue weighted by molar-refractivity contribution is 7.13. The first-order valence-electron chi connectivity index (χ1n) is 8.12. The Balaban J connectivity index is 1.70. The molecule has 0 aliphatic heterocycles. The monoisotopic (exact) mass is 368 g/mol. The number of nitrogens with one attached hydrogen (secondary N) is 1. The standard InChI is InChI=1S/C20H20N2O3S/c1-13-6-4-5-7-18(13)20-22-15(12-26-20)11-21-19(23)14-8-16(24-2)10-17(9-14)25-3/h4-10,12H,11H2,1-3H3,(H,21,23). The molecule has 5 nitrogen and oxygen atoms in total. The van der Waals surface area contributed by atoms with E-state index in [1.165, 1.54) is 5.56 Å². The van der Waals surface area contributed by atoms with E-state index in [2.05, 4.69) is 29.4 Å². The lowest BCUT2D eigenvalue weighted by atomic mass is 10.1. The van der Waals surface area contributed by atoms with E-state index in [1.54, 1.807) is 43.8 Å². The zero-order valence-electron chi connectivity index (χ0n) is 14.9. The lowest BCUT2D eigenvalue weighted by molar-refractivity contribution is 0.0949. The smallest absolute Gasteiger partial charge is 0.251 e. The number of benzene rings is 2. The number of carbonyl (C=O) groups excluding carboxylic acids is 1. The van der Waals surface area contributed by atoms with Crippen LogP contribution in [0.1, 0.15) is 21.6 Å². The second-order valence-electron chi connectivity index (χ2n) is 5.74. The predicted molar refractivity (Wildman–Crippen MR) is 103 cm³/mol. The van der Waals surface area contributed by atoms with Gasteiger partial charge >= 0.3 is 0 Å². The van der Waals surface area contributed by atoms with E-state index in [-0.39, 0.29) is 5.91 Å². The molecule has 0 fully saturated rings. The molecule has 1 amide bonds. The molecule has 1 N–H and O–H groups in total. The molecule has 2 aromatic carbocycles. The molecule has 26 heavy (non-hydrogen) atoms. The van der Waals surface area contributed by atoms with E-state index in [0.29, 0.717) is 23.6 Å². The highest BCUT2D eigenvalue weighted by atomic mass is 32.1. The minimum atomic E-state index is -0.201. The normalized spacial score (nSPS) is 10.4. The number of carbonyl (C=O) groups is 1. The molecule has 0 bridgehead atoms. The Labute approximate surface area is 156 Å². The predicted octanol–water partition coefficient (Wildman–Crippen LogP) is 4.07. The van der Waals surface area contributed by atoms with Crippen LogP contribution in [0.4, 0.5) is 0 Å². The van der Waals surface area contributed by atoms with Crippen LogP contribution in [-0.4, -0.2) is 25.1 Å². The van der Waals surface area contributed by atoms with Gasteiger partial charge in [-0.15, -0.1) is 11.3 Å². The zero-order chi connectivity index (χ0) is 18.5. The van der Waals surface area contributed by atoms with Gasteiger partial charge in [0.15, 0.2) is 0 Å². The van der Waals surface area contributed by atoms with Gasteiger partial charge in [0.2, 0.25) is 0 Å². The van der Waals surface area contributed by atoms with Crippen LogP contribution in [0.2, 0.25) is 0 Å². The largest absolute Gasteiger partial charge is 0.497 e. The maximum absolute atomic E-state index is 12.4. The maximum Gasteiger partial charge on any atom is 0.251 e. The van der Waals surface area contributed by atoms with Crippen LogP contribution in [0, 0.1) is 6.92 Å². The lowest BCUT2D eigenvalue weighted by Crippen LogP contribution is -2.23. The van der Waals surface area contributed by atoms with Crippen molar-refractivity contribution in [2.75, 3.05) is 14.2 Å². The van der Waals surface area contributed by atoms with Crippen molar-refractivity contribution in [1.82, 2.24) is 10.3 Å². The lowest BCUT2D eigenvalue weighted by Gasteiger charge is -2.08. The molecule has 0 spiro atoms. The molecule has 1 aromatic heterocycles. The van der Waals surface area contributed by atoms with Crippen LogP contribution in [-0.2, 0) is 6.54 Å². The molecule has 134 valence electrons. The number of methoxy groups -OCH3 is 2. The van der Waals surface area contributed by atoms with E-state index in [0.717, 1.165) is 16.3 Å². The van der Waals surface area contributed by atoms with Gasteiger partial charge in [0.05, 0.1) is 26.5 Å². The van der Waals surface area contributed by atoms with Gasteiger partial charge in [-0.3, -0.25) is 4.79 Å². The number of aryl methyl sites for hydroxylation is 1. The van der Waals surface area contributed by atoms with Crippen LogP contribution >= 0.6 is 11.3 Å². The molecule has 6 heteroatoms. The van der Waals surface area contributed by atoms with Crippen molar-refractivity contribution in [1.29, 1.82) is 0 Å². The summed E-state index contributed by atoms with van der Waals surface area (Å²) in [7, 11) is 3.11. The van der Waals surface area contributed by atoms with Gasteiger partial charge in [0, 0.05) is 22.6 Å². The fourth-order valence-electron chi connectivity index (χ4n) is 2.54. The fourth-order valence-corrected chi connectivity index (χ4v) is 3.45. The minimum absolute atomic E-state index is 0.201. The maximum atomic E-state index is 12.4. The molecule has 0 atom stereocenters. The van der Waals surface area contributed by atoms with Crippen molar-refractivity contribution in [3.05, 3.63) is 64.7 Å². The van der Waals surface area contributed by atoms with Crippen molar-refractivity contribution in [2.45, 2.75) is 13.5 Å². The number of aromatic nitrogens is 1. The topological polar surface area (TPSA) is 60.5 Å². The number of rotatable bonds is 6. The highest BCUT2D eigenvalue weighted by Gasteiger charge is 2.11. The number of nitrogens with zero attached hydrogens (tertiary/aromatic N) is 1. The number of ether oxygens (including phenoxy) is 2. The third-order valence-corrected chi connectivity index (χ3v) is 4.90. The molecule has 0 saturated carbocycles. The summed E-state index contributed by atoms with van der Waals surface area (Å²) in [5, 5.41) is 5.81. The summed E-state index contributed by atoms with van der Waals surface area (Å²) >= 11 is 1.57. The number of hydrogen-bond acceptors (Lipinski definition) is 5. The molecule has 0 unspecified atom stereocenters. The average molecular weight is 368 g/mol. The Bertz CT molecular complexity index is 899. The number of hydrogen-bond donors (Lipinski definition) is 1. The first-order chi connectivity index (χ1) is 12.6. The van der Waals surface area contributed by atoms with Crippen molar-refractivity contribution in [3.63, 3.8) is 0 Å². The van der Waals surface area contributed by atoms with Crippen molar-refractivity contribution < 1.29 is 14.3 Å². The molecule has 0 saturated heterocycles. The molecule has 0 radical (unpaired) electrons. The molecule has 3 rings (SSSR count). The SMILES string of the molecule is COc1cc(OC)cc(C(=O)NCc2csc(-c3ccccc3C)n2)c1. The molecule has 1 heterocycles. The second kappa shape index (κ2) is 8.01. The van der Waals surface area contributed by atoms with E-state index in [9.17, 15) is 4.79 Å². The summed E-state index contributed by atoms with van der Waals surface area (Å²) in [4.78, 5) is 17.1. The summed E-state index contributed by atoms with van der Waals surface area (Å²) in [5.74, 6) is 0.947. The Morgan fingerprint density at radius 3 is 2.46 bits per heavy atom. The van der Waals surface area contributed by atoms with Gasteiger partial charge in [-0.25, -0.2) is 4.98 Å². The summed E-state index contributed by atoms with van der Waals surface area (Å²) in [6.07, 6.45) is 0. The Hall–Kier alpha value is -2.86.